The second-order valence-corrected chi connectivity index (χ2v) is 4.70. The standard InChI is InChI=1S/C14H12ClN3/c1-9-7-13(15)17-14(8-9)18-10(2)16-11-5-3-4-6-12(11)18/h3-8H,1-2H3. The van der Waals surface area contributed by atoms with Crippen molar-refractivity contribution in [1.82, 2.24) is 14.5 Å². The summed E-state index contributed by atoms with van der Waals surface area (Å²) in [6, 6.07) is 11.9. The minimum absolute atomic E-state index is 0.502. The van der Waals surface area contributed by atoms with Crippen molar-refractivity contribution in [2.45, 2.75) is 13.8 Å². The lowest BCUT2D eigenvalue weighted by Crippen LogP contribution is -2.00. The quantitative estimate of drug-likeness (QED) is 0.623. The Kier molecular flexibility index (Phi) is 2.56. The monoisotopic (exact) mass is 257 g/mol. The SMILES string of the molecule is Cc1cc(Cl)nc(-n2c(C)nc3ccccc32)c1. The molecule has 18 heavy (non-hydrogen) atoms. The molecule has 0 aliphatic rings. The fourth-order valence-corrected chi connectivity index (χ4v) is 2.42. The molecule has 90 valence electrons. The van der Waals surface area contributed by atoms with Crippen LogP contribution in [0.1, 0.15) is 11.4 Å². The number of nitrogens with zero attached hydrogens (tertiary/aromatic N) is 3. The number of hydrogen-bond acceptors (Lipinski definition) is 2. The van der Waals surface area contributed by atoms with E-state index in [1.807, 2.05) is 54.8 Å². The molecule has 0 aliphatic heterocycles. The van der Waals surface area contributed by atoms with Crippen LogP contribution in [0.4, 0.5) is 0 Å². The molecule has 0 amide bonds. The minimum atomic E-state index is 0.502. The maximum atomic E-state index is 6.03. The summed E-state index contributed by atoms with van der Waals surface area (Å²) in [5, 5.41) is 0.502. The van der Waals surface area contributed by atoms with Gasteiger partial charge in [0.2, 0.25) is 0 Å². The summed E-state index contributed by atoms with van der Waals surface area (Å²) >= 11 is 6.03. The van der Waals surface area contributed by atoms with E-state index in [1.165, 1.54) is 0 Å². The van der Waals surface area contributed by atoms with Crippen molar-refractivity contribution < 1.29 is 0 Å². The van der Waals surface area contributed by atoms with Crippen molar-refractivity contribution in [3.05, 3.63) is 52.9 Å². The van der Waals surface area contributed by atoms with E-state index < -0.39 is 0 Å². The average molecular weight is 258 g/mol. The summed E-state index contributed by atoms with van der Waals surface area (Å²) in [7, 11) is 0. The number of halogens is 1. The van der Waals surface area contributed by atoms with Gasteiger partial charge in [-0.25, -0.2) is 9.97 Å². The van der Waals surface area contributed by atoms with E-state index in [4.69, 9.17) is 11.6 Å². The van der Waals surface area contributed by atoms with E-state index in [1.54, 1.807) is 0 Å². The van der Waals surface area contributed by atoms with Crippen molar-refractivity contribution in [3.63, 3.8) is 0 Å². The molecule has 0 saturated carbocycles. The van der Waals surface area contributed by atoms with Gasteiger partial charge in [0.1, 0.15) is 16.8 Å². The lowest BCUT2D eigenvalue weighted by Gasteiger charge is -2.07. The Morgan fingerprint density at radius 2 is 1.83 bits per heavy atom. The zero-order valence-corrected chi connectivity index (χ0v) is 10.9. The number of hydrogen-bond donors (Lipinski definition) is 0. The predicted molar refractivity (Wildman–Crippen MR) is 73.3 cm³/mol. The largest absolute Gasteiger partial charge is 0.280 e. The molecule has 3 nitrogen and oxygen atoms in total. The number of aryl methyl sites for hydroxylation is 2. The van der Waals surface area contributed by atoms with Gasteiger partial charge >= 0.3 is 0 Å². The predicted octanol–water partition coefficient (Wildman–Crippen LogP) is 3.69. The van der Waals surface area contributed by atoms with Crippen molar-refractivity contribution in [1.29, 1.82) is 0 Å². The maximum absolute atomic E-state index is 6.03. The summed E-state index contributed by atoms with van der Waals surface area (Å²) in [5.74, 6) is 1.72. The molecule has 3 rings (SSSR count). The summed E-state index contributed by atoms with van der Waals surface area (Å²) in [6.45, 7) is 3.98. The van der Waals surface area contributed by atoms with Crippen LogP contribution in [0, 0.1) is 13.8 Å². The van der Waals surface area contributed by atoms with Crippen LogP contribution >= 0.6 is 11.6 Å². The second-order valence-electron chi connectivity index (χ2n) is 4.31. The van der Waals surface area contributed by atoms with Crippen LogP contribution in [-0.4, -0.2) is 14.5 Å². The number of imidazole rings is 1. The Hall–Kier alpha value is -1.87. The van der Waals surface area contributed by atoms with Gasteiger partial charge in [-0.05, 0) is 43.7 Å². The van der Waals surface area contributed by atoms with Gasteiger partial charge in [0, 0.05) is 0 Å². The van der Waals surface area contributed by atoms with Crippen LogP contribution in [0.2, 0.25) is 5.15 Å². The van der Waals surface area contributed by atoms with Crippen molar-refractivity contribution in [2.75, 3.05) is 0 Å². The highest BCUT2D eigenvalue weighted by Gasteiger charge is 2.10. The van der Waals surface area contributed by atoms with Crippen molar-refractivity contribution >= 4 is 22.6 Å². The molecule has 2 aromatic heterocycles. The van der Waals surface area contributed by atoms with Gasteiger partial charge in [-0.3, -0.25) is 4.57 Å². The fourth-order valence-electron chi connectivity index (χ4n) is 2.16. The third kappa shape index (κ3) is 1.77. The van der Waals surface area contributed by atoms with Crippen LogP contribution in [-0.2, 0) is 0 Å². The summed E-state index contributed by atoms with van der Waals surface area (Å²) in [6.07, 6.45) is 0. The molecule has 0 fully saturated rings. The molecule has 3 aromatic rings. The van der Waals surface area contributed by atoms with Crippen LogP contribution in [0.15, 0.2) is 36.4 Å². The smallest absolute Gasteiger partial charge is 0.140 e. The lowest BCUT2D eigenvalue weighted by atomic mass is 10.3. The minimum Gasteiger partial charge on any atom is -0.280 e. The molecule has 4 heteroatoms. The van der Waals surface area contributed by atoms with Gasteiger partial charge in [-0.1, -0.05) is 23.7 Å². The third-order valence-corrected chi connectivity index (χ3v) is 3.08. The first-order chi connectivity index (χ1) is 8.65. The van der Waals surface area contributed by atoms with E-state index in [-0.39, 0.29) is 0 Å². The zero-order chi connectivity index (χ0) is 12.7. The molecule has 0 atom stereocenters. The molecule has 0 radical (unpaired) electrons. The highest BCUT2D eigenvalue weighted by molar-refractivity contribution is 6.29. The summed E-state index contributed by atoms with van der Waals surface area (Å²) < 4.78 is 2.02. The van der Waals surface area contributed by atoms with Crippen LogP contribution < -0.4 is 0 Å². The molecule has 0 bridgehead atoms. The molecule has 0 spiro atoms. The number of aromatic nitrogens is 3. The van der Waals surface area contributed by atoms with Gasteiger partial charge < -0.3 is 0 Å². The maximum Gasteiger partial charge on any atom is 0.140 e. The Bertz CT molecular complexity index is 711. The second kappa shape index (κ2) is 4.10. The molecule has 1 aromatic carbocycles. The highest BCUT2D eigenvalue weighted by atomic mass is 35.5. The van der Waals surface area contributed by atoms with Crippen LogP contribution in [0.5, 0.6) is 0 Å². The van der Waals surface area contributed by atoms with Gasteiger partial charge in [-0.15, -0.1) is 0 Å². The zero-order valence-electron chi connectivity index (χ0n) is 10.2. The van der Waals surface area contributed by atoms with Crippen LogP contribution in [0.3, 0.4) is 0 Å². The van der Waals surface area contributed by atoms with E-state index in [0.717, 1.165) is 28.2 Å². The first kappa shape index (κ1) is 11.2. The molecule has 0 saturated heterocycles. The first-order valence-corrected chi connectivity index (χ1v) is 6.11. The normalized spacial score (nSPS) is 11.1. The molecular weight excluding hydrogens is 246 g/mol. The van der Waals surface area contributed by atoms with Gasteiger partial charge in [0.15, 0.2) is 0 Å². The first-order valence-electron chi connectivity index (χ1n) is 5.74. The molecule has 0 N–H and O–H groups in total. The topological polar surface area (TPSA) is 30.7 Å². The number of para-hydroxylation sites is 2. The van der Waals surface area contributed by atoms with E-state index in [2.05, 4.69) is 9.97 Å². The third-order valence-electron chi connectivity index (χ3n) is 2.88. The molecular formula is C14H12ClN3. The Morgan fingerprint density at radius 3 is 2.61 bits per heavy atom. The summed E-state index contributed by atoms with van der Waals surface area (Å²) in [4.78, 5) is 8.90. The van der Waals surface area contributed by atoms with Gasteiger partial charge in [0.05, 0.1) is 11.0 Å². The number of rotatable bonds is 1. The van der Waals surface area contributed by atoms with E-state index >= 15 is 0 Å². The van der Waals surface area contributed by atoms with Crippen LogP contribution in [0.25, 0.3) is 16.9 Å². The van der Waals surface area contributed by atoms with E-state index in [0.29, 0.717) is 5.15 Å². The number of pyridine rings is 1. The Morgan fingerprint density at radius 1 is 1.06 bits per heavy atom. The average Bonchev–Trinajstić information content (AvgIpc) is 2.63. The van der Waals surface area contributed by atoms with Gasteiger partial charge in [-0.2, -0.15) is 0 Å². The summed E-state index contributed by atoms with van der Waals surface area (Å²) in [5.41, 5.74) is 3.10. The Balaban J connectivity index is 2.34. The van der Waals surface area contributed by atoms with Gasteiger partial charge in [0.25, 0.3) is 0 Å². The van der Waals surface area contributed by atoms with Crippen molar-refractivity contribution in [2.24, 2.45) is 0 Å². The fraction of sp³-hybridized carbons (Fsp3) is 0.143. The van der Waals surface area contributed by atoms with E-state index in [9.17, 15) is 0 Å². The highest BCUT2D eigenvalue weighted by Crippen LogP contribution is 2.21. The lowest BCUT2D eigenvalue weighted by molar-refractivity contribution is 0.954. The number of benzene rings is 1. The molecule has 0 unspecified atom stereocenters. The Labute approximate surface area is 110 Å². The van der Waals surface area contributed by atoms with Crippen molar-refractivity contribution in [3.8, 4) is 5.82 Å². The molecule has 2 heterocycles. The molecule has 0 aliphatic carbocycles. The number of fused-ring (bicyclic) bond motifs is 1.